The highest BCUT2D eigenvalue weighted by molar-refractivity contribution is 5.87. The number of likely N-dealkylation sites (tertiary alicyclic amines) is 1. The average molecular weight is 479 g/mol. The summed E-state index contributed by atoms with van der Waals surface area (Å²) in [6, 6.07) is -2.68. The van der Waals surface area contributed by atoms with Gasteiger partial charge in [-0.05, 0) is 36.5 Å². The van der Waals surface area contributed by atoms with Gasteiger partial charge in [-0.2, -0.15) is 0 Å². The Kier molecular flexibility index (Phi) is 7.42. The second kappa shape index (κ2) is 9.47. The lowest BCUT2D eigenvalue weighted by atomic mass is 9.94. The number of alkyl halides is 3. The standard InChI is InChI=1S/C21H33F3N4O5/c1-4-12(25)19(32)28-8-11-15(20(11,2)3)16(28)18(31)27-13(7-10-5-6-26-17(10)30)14(29)9-33-21(22,23)24/h10-13,15-16,18,27,31H,4-9,25H2,1-3H3,(H,26,30)/t10-,11-,12+,13-,15-,16-,18?/m0/s1. The summed E-state index contributed by atoms with van der Waals surface area (Å²) >= 11 is 0. The van der Waals surface area contributed by atoms with E-state index in [1.54, 1.807) is 6.92 Å². The topological polar surface area (TPSA) is 134 Å². The number of aliphatic hydroxyl groups excluding tert-OH is 1. The van der Waals surface area contributed by atoms with Crippen LogP contribution in [0.4, 0.5) is 13.2 Å². The first-order valence-electron chi connectivity index (χ1n) is 11.3. The molecule has 0 radical (unpaired) electrons. The normalized spacial score (nSPS) is 31.0. The average Bonchev–Trinajstić information content (AvgIpc) is 3.11. The number of amides is 2. The number of nitrogens with one attached hydrogen (secondary N) is 2. The lowest BCUT2D eigenvalue weighted by Gasteiger charge is -2.37. The fourth-order valence-electron chi connectivity index (χ4n) is 5.34. The van der Waals surface area contributed by atoms with E-state index in [2.05, 4.69) is 15.4 Å². The molecule has 1 aliphatic carbocycles. The molecule has 0 spiro atoms. The maximum Gasteiger partial charge on any atom is 0.522 e. The summed E-state index contributed by atoms with van der Waals surface area (Å²) in [6.45, 7) is 5.39. The quantitative estimate of drug-likeness (QED) is 0.328. The number of hydrogen-bond acceptors (Lipinski definition) is 7. The summed E-state index contributed by atoms with van der Waals surface area (Å²) in [5, 5.41) is 16.4. The number of aliphatic hydroxyl groups is 1. The number of carbonyl (C=O) groups excluding carboxylic acids is 3. The number of hydrogen-bond donors (Lipinski definition) is 4. The van der Waals surface area contributed by atoms with Crippen LogP contribution in [0.2, 0.25) is 0 Å². The molecule has 0 aromatic heterocycles. The van der Waals surface area contributed by atoms with E-state index in [-0.39, 0.29) is 35.5 Å². The van der Waals surface area contributed by atoms with Crippen molar-refractivity contribution in [3.8, 4) is 0 Å². The molecule has 2 amide bonds. The van der Waals surface area contributed by atoms with Gasteiger partial charge in [-0.25, -0.2) is 0 Å². The minimum Gasteiger partial charge on any atom is -0.376 e. The monoisotopic (exact) mass is 478 g/mol. The molecule has 3 aliphatic rings. The third-order valence-electron chi connectivity index (χ3n) is 7.45. The van der Waals surface area contributed by atoms with Crippen LogP contribution in [-0.2, 0) is 19.1 Å². The number of halogens is 3. The zero-order valence-corrected chi connectivity index (χ0v) is 19.0. The number of Topliss-reactive ketones (excluding diaryl/α,β-unsaturated/α-hetero) is 1. The number of ketones is 1. The highest BCUT2D eigenvalue weighted by Crippen LogP contribution is 2.65. The summed E-state index contributed by atoms with van der Waals surface area (Å²) in [7, 11) is 0. The molecule has 3 fully saturated rings. The summed E-state index contributed by atoms with van der Waals surface area (Å²) in [5.41, 5.74) is 5.79. The Hall–Kier alpha value is -1.76. The maximum absolute atomic E-state index is 12.8. The van der Waals surface area contributed by atoms with Gasteiger partial charge in [0.05, 0.1) is 18.1 Å². The van der Waals surface area contributed by atoms with Gasteiger partial charge in [0.2, 0.25) is 11.8 Å². The van der Waals surface area contributed by atoms with Crippen LogP contribution in [0.3, 0.4) is 0 Å². The van der Waals surface area contributed by atoms with Crippen molar-refractivity contribution in [1.82, 2.24) is 15.5 Å². The van der Waals surface area contributed by atoms with E-state index in [1.807, 2.05) is 13.8 Å². The van der Waals surface area contributed by atoms with Crippen LogP contribution in [-0.4, -0.2) is 78.0 Å². The molecule has 12 heteroatoms. The molecule has 7 atom stereocenters. The van der Waals surface area contributed by atoms with Gasteiger partial charge < -0.3 is 21.1 Å². The first-order valence-corrected chi connectivity index (χ1v) is 11.3. The second-order valence-electron chi connectivity index (χ2n) is 9.83. The van der Waals surface area contributed by atoms with E-state index in [4.69, 9.17) is 5.73 Å². The van der Waals surface area contributed by atoms with Crippen molar-refractivity contribution in [2.24, 2.45) is 28.9 Å². The minimum absolute atomic E-state index is 0.0510. The van der Waals surface area contributed by atoms with Crippen molar-refractivity contribution in [2.45, 2.75) is 70.7 Å². The van der Waals surface area contributed by atoms with Crippen LogP contribution in [0, 0.1) is 23.2 Å². The molecule has 1 unspecified atom stereocenters. The summed E-state index contributed by atoms with van der Waals surface area (Å²) in [4.78, 5) is 38.9. The van der Waals surface area contributed by atoms with Crippen molar-refractivity contribution in [3.63, 3.8) is 0 Å². The molecule has 2 heterocycles. The molecule has 0 aromatic rings. The predicted molar refractivity (Wildman–Crippen MR) is 110 cm³/mol. The molecular weight excluding hydrogens is 445 g/mol. The number of fused-ring (bicyclic) bond motifs is 1. The maximum atomic E-state index is 12.8. The van der Waals surface area contributed by atoms with E-state index >= 15 is 0 Å². The molecule has 5 N–H and O–H groups in total. The Balaban J connectivity index is 1.76. The molecule has 9 nitrogen and oxygen atoms in total. The number of nitrogens with two attached hydrogens (primary N) is 1. The predicted octanol–water partition coefficient (Wildman–Crippen LogP) is 0.115. The number of ether oxygens (including phenoxy) is 1. The van der Waals surface area contributed by atoms with Gasteiger partial charge in [-0.3, -0.25) is 24.4 Å². The molecule has 0 bridgehead atoms. The molecular formula is C21H33F3N4O5. The minimum atomic E-state index is -4.99. The van der Waals surface area contributed by atoms with Gasteiger partial charge in [-0.1, -0.05) is 20.8 Å². The third kappa shape index (κ3) is 5.50. The van der Waals surface area contributed by atoms with Gasteiger partial charge in [-0.15, -0.1) is 13.2 Å². The van der Waals surface area contributed by atoms with Crippen LogP contribution >= 0.6 is 0 Å². The van der Waals surface area contributed by atoms with E-state index in [0.29, 0.717) is 25.9 Å². The highest BCUT2D eigenvalue weighted by atomic mass is 19.4. The van der Waals surface area contributed by atoms with Crippen molar-refractivity contribution in [1.29, 1.82) is 0 Å². The van der Waals surface area contributed by atoms with Crippen LogP contribution in [0.5, 0.6) is 0 Å². The smallest absolute Gasteiger partial charge is 0.376 e. The fraction of sp³-hybridized carbons (Fsp3) is 0.857. The van der Waals surface area contributed by atoms with Crippen LogP contribution in [0.25, 0.3) is 0 Å². The van der Waals surface area contributed by atoms with Gasteiger partial charge in [0.25, 0.3) is 0 Å². The Morgan fingerprint density at radius 1 is 1.39 bits per heavy atom. The zero-order valence-electron chi connectivity index (χ0n) is 19.0. The molecule has 33 heavy (non-hydrogen) atoms. The van der Waals surface area contributed by atoms with Crippen molar-refractivity contribution in [3.05, 3.63) is 0 Å². The second-order valence-corrected chi connectivity index (χ2v) is 9.83. The fourth-order valence-corrected chi connectivity index (χ4v) is 5.34. The summed E-state index contributed by atoms with van der Waals surface area (Å²) in [5.74, 6) is -2.02. The Morgan fingerprint density at radius 3 is 2.61 bits per heavy atom. The van der Waals surface area contributed by atoms with E-state index in [0.717, 1.165) is 0 Å². The molecule has 188 valence electrons. The van der Waals surface area contributed by atoms with E-state index in [1.165, 1.54) is 4.90 Å². The molecule has 1 saturated carbocycles. The van der Waals surface area contributed by atoms with Gasteiger partial charge >= 0.3 is 6.36 Å². The Bertz CT molecular complexity index is 777. The number of nitrogens with zero attached hydrogens (tertiary/aromatic N) is 1. The summed E-state index contributed by atoms with van der Waals surface area (Å²) < 4.78 is 41.1. The number of piperidine rings is 1. The lowest BCUT2D eigenvalue weighted by Crippen LogP contribution is -2.59. The largest absolute Gasteiger partial charge is 0.522 e. The molecule has 0 aromatic carbocycles. The van der Waals surface area contributed by atoms with Crippen molar-refractivity contribution in [2.75, 3.05) is 19.7 Å². The van der Waals surface area contributed by atoms with Crippen molar-refractivity contribution >= 4 is 17.6 Å². The molecule has 3 rings (SSSR count). The first-order chi connectivity index (χ1) is 15.3. The van der Waals surface area contributed by atoms with Crippen LogP contribution in [0.15, 0.2) is 0 Å². The molecule has 2 aliphatic heterocycles. The van der Waals surface area contributed by atoms with E-state index < -0.39 is 49.0 Å². The highest BCUT2D eigenvalue weighted by Gasteiger charge is 2.69. The Morgan fingerprint density at radius 2 is 2.06 bits per heavy atom. The first kappa shape index (κ1) is 25.9. The Labute approximate surface area is 190 Å². The summed E-state index contributed by atoms with van der Waals surface area (Å²) in [6.07, 6.45) is -5.62. The van der Waals surface area contributed by atoms with Crippen LogP contribution < -0.4 is 16.4 Å². The van der Waals surface area contributed by atoms with Gasteiger partial charge in [0, 0.05) is 19.0 Å². The van der Waals surface area contributed by atoms with Crippen molar-refractivity contribution < 1.29 is 37.4 Å². The zero-order chi connectivity index (χ0) is 24.7. The number of rotatable bonds is 10. The third-order valence-corrected chi connectivity index (χ3v) is 7.45. The van der Waals surface area contributed by atoms with Gasteiger partial charge in [0.15, 0.2) is 5.78 Å². The van der Waals surface area contributed by atoms with Crippen LogP contribution in [0.1, 0.15) is 40.0 Å². The number of carbonyl (C=O) groups is 3. The SMILES string of the molecule is CC[C@@H](N)C(=O)N1C[C@H]2[C@@H]([C@H]1C(O)N[C@@H](C[C@@H]1CCNC1=O)C(=O)COC(F)(F)F)C2(C)C. The van der Waals surface area contributed by atoms with E-state index in [9.17, 15) is 32.7 Å². The molecule has 2 saturated heterocycles. The van der Waals surface area contributed by atoms with Gasteiger partial charge in [0.1, 0.15) is 12.8 Å². The lowest BCUT2D eigenvalue weighted by molar-refractivity contribution is -0.321.